The predicted octanol–water partition coefficient (Wildman–Crippen LogP) is 4.88. The highest BCUT2D eigenvalue weighted by atomic mass is 16.5. The summed E-state index contributed by atoms with van der Waals surface area (Å²) in [5.41, 5.74) is 2.88. The van der Waals surface area contributed by atoms with E-state index in [9.17, 15) is 4.79 Å². The Kier molecular flexibility index (Phi) is 5.45. The van der Waals surface area contributed by atoms with Gasteiger partial charge in [0, 0.05) is 12.0 Å². The van der Waals surface area contributed by atoms with Crippen molar-refractivity contribution >= 4 is 5.91 Å². The molecule has 144 valence electrons. The molecule has 1 heterocycles. The molecule has 0 spiro atoms. The minimum absolute atomic E-state index is 0.0871. The van der Waals surface area contributed by atoms with Crippen LogP contribution in [0.25, 0.3) is 0 Å². The van der Waals surface area contributed by atoms with Crippen molar-refractivity contribution in [3.63, 3.8) is 0 Å². The minimum Gasteiger partial charge on any atom is -0.487 e. The van der Waals surface area contributed by atoms with Gasteiger partial charge in [0.15, 0.2) is 6.10 Å². The zero-order chi connectivity index (χ0) is 19.6. The second-order valence-corrected chi connectivity index (χ2v) is 7.95. The molecule has 0 radical (unpaired) electrons. The van der Waals surface area contributed by atoms with Crippen molar-refractivity contribution in [3.8, 4) is 11.5 Å². The van der Waals surface area contributed by atoms with Crippen LogP contribution in [0.4, 0.5) is 0 Å². The first kappa shape index (κ1) is 19.3. The fourth-order valence-corrected chi connectivity index (χ4v) is 3.53. The van der Waals surface area contributed by atoms with Crippen molar-refractivity contribution in [3.05, 3.63) is 59.2 Å². The van der Waals surface area contributed by atoms with Crippen molar-refractivity contribution in [2.75, 3.05) is 0 Å². The first-order chi connectivity index (χ1) is 12.8. The van der Waals surface area contributed by atoms with E-state index in [1.807, 2.05) is 50.2 Å². The highest BCUT2D eigenvalue weighted by Gasteiger charge is 2.35. The van der Waals surface area contributed by atoms with Crippen molar-refractivity contribution in [2.24, 2.45) is 0 Å². The van der Waals surface area contributed by atoms with E-state index in [1.54, 1.807) is 0 Å². The lowest BCUT2D eigenvalue weighted by atomic mass is 9.88. The van der Waals surface area contributed by atoms with Gasteiger partial charge in [-0.15, -0.1) is 0 Å². The molecule has 1 aliphatic rings. The normalized spacial score (nSPS) is 18.8. The molecule has 2 aromatic rings. The molecule has 0 fully saturated rings. The van der Waals surface area contributed by atoms with E-state index in [-0.39, 0.29) is 17.6 Å². The summed E-state index contributed by atoms with van der Waals surface area (Å²) in [6.45, 7) is 10.1. The van der Waals surface area contributed by atoms with E-state index in [1.165, 1.54) is 0 Å². The second-order valence-electron chi connectivity index (χ2n) is 7.95. The lowest BCUT2D eigenvalue weighted by molar-refractivity contribution is -0.129. The maximum absolute atomic E-state index is 13.0. The number of para-hydroxylation sites is 1. The molecule has 1 amide bonds. The van der Waals surface area contributed by atoms with Gasteiger partial charge in [-0.3, -0.25) is 4.79 Å². The summed E-state index contributed by atoms with van der Waals surface area (Å²) < 4.78 is 12.1. The largest absolute Gasteiger partial charge is 0.487 e. The number of carbonyl (C=O) groups excluding carboxylic acids is 1. The fraction of sp³-hybridized carbons (Fsp3) is 0.435. The zero-order valence-electron chi connectivity index (χ0n) is 16.8. The number of aryl methyl sites for hydroxylation is 2. The van der Waals surface area contributed by atoms with Crippen LogP contribution in [0, 0.1) is 13.8 Å². The van der Waals surface area contributed by atoms with Gasteiger partial charge in [0.1, 0.15) is 17.1 Å². The van der Waals surface area contributed by atoms with E-state index in [2.05, 4.69) is 32.2 Å². The Balaban J connectivity index is 1.80. The Hall–Kier alpha value is -2.49. The topological polar surface area (TPSA) is 47.6 Å². The number of fused-ring (bicyclic) bond motifs is 1. The van der Waals surface area contributed by atoms with E-state index in [0.29, 0.717) is 6.42 Å². The first-order valence-corrected chi connectivity index (χ1v) is 9.61. The molecular weight excluding hydrogens is 338 g/mol. The Labute approximate surface area is 161 Å². The lowest BCUT2D eigenvalue weighted by Gasteiger charge is -2.38. The average molecular weight is 367 g/mol. The maximum Gasteiger partial charge on any atom is 0.261 e. The Bertz CT molecular complexity index is 828. The first-order valence-electron chi connectivity index (χ1n) is 9.61. The van der Waals surface area contributed by atoms with Crippen LogP contribution in [0.5, 0.6) is 11.5 Å². The highest BCUT2D eigenvalue weighted by Crippen LogP contribution is 2.40. The van der Waals surface area contributed by atoms with Gasteiger partial charge in [-0.1, -0.05) is 42.8 Å². The Morgan fingerprint density at radius 2 is 2.00 bits per heavy atom. The molecule has 0 bridgehead atoms. The average Bonchev–Trinajstić information content (AvgIpc) is 2.61. The summed E-state index contributed by atoms with van der Waals surface area (Å²) in [6.07, 6.45) is 0.800. The van der Waals surface area contributed by atoms with Gasteiger partial charge < -0.3 is 14.8 Å². The molecule has 2 aromatic carbocycles. The van der Waals surface area contributed by atoms with Crippen LogP contribution in [0.15, 0.2) is 42.5 Å². The van der Waals surface area contributed by atoms with Crippen molar-refractivity contribution < 1.29 is 14.3 Å². The number of benzene rings is 2. The van der Waals surface area contributed by atoms with Crippen LogP contribution in [0.2, 0.25) is 0 Å². The quantitative estimate of drug-likeness (QED) is 0.819. The summed E-state index contributed by atoms with van der Waals surface area (Å²) >= 11 is 0. The van der Waals surface area contributed by atoms with E-state index >= 15 is 0 Å². The van der Waals surface area contributed by atoms with E-state index < -0.39 is 6.10 Å². The van der Waals surface area contributed by atoms with Gasteiger partial charge in [0.2, 0.25) is 0 Å². The molecule has 0 aliphatic carbocycles. The smallest absolute Gasteiger partial charge is 0.261 e. The monoisotopic (exact) mass is 367 g/mol. The highest BCUT2D eigenvalue weighted by molar-refractivity contribution is 5.81. The molecule has 1 N–H and O–H groups in total. The van der Waals surface area contributed by atoms with Crippen LogP contribution in [-0.2, 0) is 4.79 Å². The molecule has 0 unspecified atom stereocenters. The summed E-state index contributed by atoms with van der Waals surface area (Å²) in [5, 5.41) is 3.20. The van der Waals surface area contributed by atoms with Crippen LogP contribution in [0.1, 0.15) is 56.3 Å². The van der Waals surface area contributed by atoms with Crippen LogP contribution < -0.4 is 14.8 Å². The maximum atomic E-state index is 13.0. The summed E-state index contributed by atoms with van der Waals surface area (Å²) in [7, 11) is 0. The Morgan fingerprint density at radius 1 is 1.26 bits per heavy atom. The van der Waals surface area contributed by atoms with Gasteiger partial charge in [-0.25, -0.2) is 0 Å². The number of rotatable bonds is 5. The molecule has 1 aliphatic heterocycles. The SMILES string of the molecule is CC[C@H](Oc1ccccc1C)C(=O)N[C@@H]1CC(C)(C)Oc2ccc(C)cc21. The number of hydrogen-bond acceptors (Lipinski definition) is 3. The van der Waals surface area contributed by atoms with E-state index in [4.69, 9.17) is 9.47 Å². The van der Waals surface area contributed by atoms with Crippen molar-refractivity contribution in [2.45, 2.75) is 65.2 Å². The number of amides is 1. The molecule has 0 saturated carbocycles. The van der Waals surface area contributed by atoms with Gasteiger partial charge >= 0.3 is 0 Å². The molecule has 2 atom stereocenters. The minimum atomic E-state index is -0.523. The van der Waals surface area contributed by atoms with Gasteiger partial charge in [-0.05, 0) is 51.8 Å². The summed E-state index contributed by atoms with van der Waals surface area (Å²) in [4.78, 5) is 13.0. The van der Waals surface area contributed by atoms with Crippen LogP contribution >= 0.6 is 0 Å². The third kappa shape index (κ3) is 4.44. The van der Waals surface area contributed by atoms with Crippen molar-refractivity contribution in [1.82, 2.24) is 5.32 Å². The molecular formula is C23H29NO3. The van der Waals surface area contributed by atoms with Gasteiger partial charge in [-0.2, -0.15) is 0 Å². The molecule has 27 heavy (non-hydrogen) atoms. The fourth-order valence-electron chi connectivity index (χ4n) is 3.53. The van der Waals surface area contributed by atoms with Crippen LogP contribution in [-0.4, -0.2) is 17.6 Å². The lowest BCUT2D eigenvalue weighted by Crippen LogP contribution is -2.45. The van der Waals surface area contributed by atoms with Crippen LogP contribution in [0.3, 0.4) is 0 Å². The molecule has 4 heteroatoms. The standard InChI is InChI=1S/C23H29NO3/c1-6-19(26-20-10-8-7-9-16(20)3)22(25)24-18-14-23(4,5)27-21-12-11-15(2)13-17(18)21/h7-13,18-19H,6,14H2,1-5H3,(H,24,25)/t18-,19+/m1/s1. The number of carbonyl (C=O) groups is 1. The summed E-state index contributed by atoms with van der Waals surface area (Å²) in [6, 6.07) is 13.8. The van der Waals surface area contributed by atoms with Gasteiger partial charge in [0.05, 0.1) is 6.04 Å². The number of ether oxygens (including phenoxy) is 2. The number of nitrogens with one attached hydrogen (secondary N) is 1. The molecule has 0 aromatic heterocycles. The van der Waals surface area contributed by atoms with Gasteiger partial charge in [0.25, 0.3) is 5.91 Å². The molecule has 0 saturated heterocycles. The third-order valence-corrected chi connectivity index (χ3v) is 4.97. The molecule has 3 rings (SSSR count). The third-order valence-electron chi connectivity index (χ3n) is 4.97. The summed E-state index contributed by atoms with van der Waals surface area (Å²) in [5.74, 6) is 1.51. The molecule has 4 nitrogen and oxygen atoms in total. The van der Waals surface area contributed by atoms with Crippen molar-refractivity contribution in [1.29, 1.82) is 0 Å². The number of hydrogen-bond donors (Lipinski definition) is 1. The second kappa shape index (κ2) is 7.63. The van der Waals surface area contributed by atoms with E-state index in [0.717, 1.165) is 34.6 Å². The predicted molar refractivity (Wildman–Crippen MR) is 107 cm³/mol. The zero-order valence-corrected chi connectivity index (χ0v) is 16.8. The Morgan fingerprint density at radius 3 is 2.70 bits per heavy atom.